The van der Waals surface area contributed by atoms with Gasteiger partial charge < -0.3 is 4.90 Å². The average molecular weight is 307 g/mol. The van der Waals surface area contributed by atoms with Crippen LogP contribution in [-0.2, 0) is 4.79 Å². The van der Waals surface area contributed by atoms with Gasteiger partial charge in [0.15, 0.2) is 0 Å². The molecule has 94 valence electrons. The van der Waals surface area contributed by atoms with E-state index in [0.717, 1.165) is 36.1 Å². The van der Waals surface area contributed by atoms with Gasteiger partial charge >= 0.3 is 0 Å². The number of benzene rings is 1. The van der Waals surface area contributed by atoms with Crippen molar-refractivity contribution < 1.29 is 4.79 Å². The van der Waals surface area contributed by atoms with E-state index in [9.17, 15) is 4.79 Å². The number of hydrogen-bond acceptors (Lipinski definition) is 3. The van der Waals surface area contributed by atoms with E-state index in [1.165, 1.54) is 0 Å². The third kappa shape index (κ3) is 2.73. The van der Waals surface area contributed by atoms with E-state index >= 15 is 0 Å². The van der Waals surface area contributed by atoms with Crippen LogP contribution in [0.1, 0.15) is 25.3 Å². The number of carbonyl (C=O) groups excluding carboxylic acids is 1. The van der Waals surface area contributed by atoms with Gasteiger partial charge in [-0.25, -0.2) is 0 Å². The number of piperidine rings is 1. The van der Waals surface area contributed by atoms with Crippen LogP contribution in [0.15, 0.2) is 22.7 Å². The normalized spacial score (nSPS) is 19.4. The third-order valence-electron chi connectivity index (χ3n) is 3.42. The number of ketones is 1. The second kappa shape index (κ2) is 5.53. The lowest BCUT2D eigenvalue weighted by atomic mass is 9.94. The number of Topliss-reactive ketones (excluding diaryl/α,β-unsaturated/α-hetero) is 1. The molecule has 1 heterocycles. The summed E-state index contributed by atoms with van der Waals surface area (Å²) in [6, 6.07) is 7.86. The van der Waals surface area contributed by atoms with Gasteiger partial charge in [0.1, 0.15) is 11.9 Å². The average Bonchev–Trinajstić information content (AvgIpc) is 2.39. The number of halogens is 1. The Labute approximate surface area is 116 Å². The minimum atomic E-state index is 0.101. The van der Waals surface area contributed by atoms with Crippen molar-refractivity contribution in [3.63, 3.8) is 0 Å². The van der Waals surface area contributed by atoms with E-state index < -0.39 is 0 Å². The number of anilines is 1. The standard InChI is InChI=1S/C14H15BrN2O/c1-10(18)12-3-2-6-17(9-12)14-7-13(15)5-4-11(14)8-16/h4-5,7,12H,2-3,6,9H2,1H3. The van der Waals surface area contributed by atoms with Crippen LogP contribution in [0.2, 0.25) is 0 Å². The summed E-state index contributed by atoms with van der Waals surface area (Å²) < 4.78 is 0.960. The maximum absolute atomic E-state index is 11.5. The molecule has 1 aliphatic heterocycles. The van der Waals surface area contributed by atoms with Crippen LogP contribution in [0.5, 0.6) is 0 Å². The second-order valence-electron chi connectivity index (χ2n) is 4.67. The number of hydrogen-bond donors (Lipinski definition) is 0. The summed E-state index contributed by atoms with van der Waals surface area (Å²) in [7, 11) is 0. The van der Waals surface area contributed by atoms with Crippen molar-refractivity contribution in [2.45, 2.75) is 19.8 Å². The molecule has 1 atom stereocenters. The van der Waals surface area contributed by atoms with Gasteiger partial charge in [0.05, 0.1) is 11.3 Å². The molecule has 2 rings (SSSR count). The molecule has 0 aliphatic carbocycles. The molecule has 1 unspecified atom stereocenters. The summed E-state index contributed by atoms with van der Waals surface area (Å²) in [5.41, 5.74) is 1.60. The Hall–Kier alpha value is -1.34. The first-order valence-electron chi connectivity index (χ1n) is 6.07. The quantitative estimate of drug-likeness (QED) is 0.843. The summed E-state index contributed by atoms with van der Waals surface area (Å²) >= 11 is 3.43. The highest BCUT2D eigenvalue weighted by Crippen LogP contribution is 2.29. The maximum Gasteiger partial charge on any atom is 0.134 e. The van der Waals surface area contributed by atoms with Crippen molar-refractivity contribution in [1.82, 2.24) is 0 Å². The lowest BCUT2D eigenvalue weighted by Gasteiger charge is -2.33. The monoisotopic (exact) mass is 306 g/mol. The van der Waals surface area contributed by atoms with Gasteiger partial charge in [0.25, 0.3) is 0 Å². The fraction of sp³-hybridized carbons (Fsp3) is 0.429. The molecule has 1 fully saturated rings. The van der Waals surface area contributed by atoms with E-state index in [-0.39, 0.29) is 11.7 Å². The van der Waals surface area contributed by atoms with E-state index in [1.54, 1.807) is 6.92 Å². The predicted molar refractivity (Wildman–Crippen MR) is 74.5 cm³/mol. The molecule has 1 aromatic carbocycles. The molecule has 0 aromatic heterocycles. The molecule has 0 radical (unpaired) electrons. The van der Waals surface area contributed by atoms with Crippen LogP contribution >= 0.6 is 15.9 Å². The van der Waals surface area contributed by atoms with Crippen molar-refractivity contribution in [3.8, 4) is 6.07 Å². The van der Waals surface area contributed by atoms with Crippen LogP contribution in [0.3, 0.4) is 0 Å². The van der Waals surface area contributed by atoms with Crippen molar-refractivity contribution >= 4 is 27.4 Å². The Morgan fingerprint density at radius 2 is 2.33 bits per heavy atom. The second-order valence-corrected chi connectivity index (χ2v) is 5.58. The molecule has 0 spiro atoms. The first kappa shape index (κ1) is 13.1. The zero-order chi connectivity index (χ0) is 13.1. The van der Waals surface area contributed by atoms with Gasteiger partial charge in [-0.15, -0.1) is 0 Å². The molecule has 0 bridgehead atoms. The molecule has 18 heavy (non-hydrogen) atoms. The first-order valence-corrected chi connectivity index (χ1v) is 6.86. The maximum atomic E-state index is 11.5. The summed E-state index contributed by atoms with van der Waals surface area (Å²) in [4.78, 5) is 13.6. The van der Waals surface area contributed by atoms with Crippen molar-refractivity contribution in [3.05, 3.63) is 28.2 Å². The summed E-state index contributed by atoms with van der Waals surface area (Å²) in [5.74, 6) is 0.345. The summed E-state index contributed by atoms with van der Waals surface area (Å²) in [6.07, 6.45) is 1.96. The van der Waals surface area contributed by atoms with Gasteiger partial charge in [-0.3, -0.25) is 4.79 Å². The highest BCUT2D eigenvalue weighted by Gasteiger charge is 2.24. The Balaban J connectivity index is 2.28. The van der Waals surface area contributed by atoms with E-state index in [0.29, 0.717) is 5.56 Å². The highest BCUT2D eigenvalue weighted by molar-refractivity contribution is 9.10. The van der Waals surface area contributed by atoms with Gasteiger partial charge in [-0.2, -0.15) is 5.26 Å². The molecule has 1 aromatic rings. The number of rotatable bonds is 2. The van der Waals surface area contributed by atoms with Crippen LogP contribution in [0.4, 0.5) is 5.69 Å². The molecule has 1 aliphatic rings. The van der Waals surface area contributed by atoms with Crippen LogP contribution in [-0.4, -0.2) is 18.9 Å². The largest absolute Gasteiger partial charge is 0.370 e. The van der Waals surface area contributed by atoms with E-state index in [2.05, 4.69) is 26.9 Å². The lowest BCUT2D eigenvalue weighted by molar-refractivity contribution is -0.120. The zero-order valence-electron chi connectivity index (χ0n) is 10.3. The SMILES string of the molecule is CC(=O)C1CCCN(c2cc(Br)ccc2C#N)C1. The molecule has 1 saturated heterocycles. The fourth-order valence-electron chi connectivity index (χ4n) is 2.39. The predicted octanol–water partition coefficient (Wildman–Crippen LogP) is 3.13. The Kier molecular flexibility index (Phi) is 4.03. The summed E-state index contributed by atoms with van der Waals surface area (Å²) in [5, 5.41) is 9.16. The molecule has 0 amide bonds. The van der Waals surface area contributed by atoms with Crippen molar-refractivity contribution in [1.29, 1.82) is 5.26 Å². The van der Waals surface area contributed by atoms with Gasteiger partial charge in [-0.05, 0) is 38.0 Å². The van der Waals surface area contributed by atoms with Crippen LogP contribution in [0.25, 0.3) is 0 Å². The Bertz CT molecular complexity index is 507. The van der Waals surface area contributed by atoms with Crippen LogP contribution in [0, 0.1) is 17.2 Å². The number of carbonyl (C=O) groups is 1. The summed E-state index contributed by atoms with van der Waals surface area (Å²) in [6.45, 7) is 3.29. The molecular weight excluding hydrogens is 292 g/mol. The minimum absolute atomic E-state index is 0.101. The topological polar surface area (TPSA) is 44.1 Å². The molecule has 3 nitrogen and oxygen atoms in total. The van der Waals surface area contributed by atoms with Crippen LogP contribution < -0.4 is 4.90 Å². The Morgan fingerprint density at radius 1 is 1.56 bits per heavy atom. The third-order valence-corrected chi connectivity index (χ3v) is 3.91. The molecule has 4 heteroatoms. The first-order chi connectivity index (χ1) is 8.61. The zero-order valence-corrected chi connectivity index (χ0v) is 11.9. The lowest BCUT2D eigenvalue weighted by Crippen LogP contribution is -2.38. The molecular formula is C14H15BrN2O. The fourth-order valence-corrected chi connectivity index (χ4v) is 2.74. The van der Waals surface area contributed by atoms with Gasteiger partial charge in [0, 0.05) is 23.5 Å². The van der Waals surface area contributed by atoms with Crippen molar-refractivity contribution in [2.24, 2.45) is 5.92 Å². The smallest absolute Gasteiger partial charge is 0.134 e. The van der Waals surface area contributed by atoms with Gasteiger partial charge in [0.2, 0.25) is 0 Å². The Morgan fingerprint density at radius 3 is 3.00 bits per heavy atom. The highest BCUT2D eigenvalue weighted by atomic mass is 79.9. The molecule has 0 saturated carbocycles. The van der Waals surface area contributed by atoms with Gasteiger partial charge in [-0.1, -0.05) is 15.9 Å². The van der Waals surface area contributed by atoms with Crippen molar-refractivity contribution in [2.75, 3.05) is 18.0 Å². The van der Waals surface area contributed by atoms with E-state index in [1.807, 2.05) is 18.2 Å². The minimum Gasteiger partial charge on any atom is -0.370 e. The number of nitrogens with zero attached hydrogens (tertiary/aromatic N) is 2. The molecule has 0 N–H and O–H groups in total. The number of nitriles is 1. The van der Waals surface area contributed by atoms with E-state index in [4.69, 9.17) is 5.26 Å².